The number of benzene rings is 1. The summed E-state index contributed by atoms with van der Waals surface area (Å²) in [6.07, 6.45) is 0.904. The molecule has 3 heterocycles. The predicted molar refractivity (Wildman–Crippen MR) is 146 cm³/mol. The van der Waals surface area contributed by atoms with Crippen LogP contribution in [0.1, 0.15) is 12.0 Å². The molecule has 1 saturated heterocycles. The second kappa shape index (κ2) is 16.0. The summed E-state index contributed by atoms with van der Waals surface area (Å²) in [6.45, 7) is -0.419. The zero-order valence-electron chi connectivity index (χ0n) is 22.6. The molecule has 13 N–H and O–H groups in total. The number of anilines is 1. The molecule has 24 nitrogen and oxygen atoms in total. The van der Waals surface area contributed by atoms with Crippen molar-refractivity contribution in [2.75, 3.05) is 19.5 Å². The normalized spacial score (nSPS) is 19.7. The van der Waals surface area contributed by atoms with E-state index in [0.717, 1.165) is 0 Å². The lowest BCUT2D eigenvalue weighted by atomic mass is 9.96. The lowest BCUT2D eigenvalue weighted by Gasteiger charge is -2.31. The molecule has 3 aromatic rings. The number of phosphoric acid groups is 3. The first-order valence-electron chi connectivity index (χ1n) is 11.5. The van der Waals surface area contributed by atoms with Gasteiger partial charge in [0, 0.05) is 18.4 Å². The number of nitrogen functional groups attached to an aromatic ring is 1. The Labute approximate surface area is 250 Å². The molecule has 0 amide bonds. The Morgan fingerprint density at radius 3 is 2.02 bits per heavy atom. The summed E-state index contributed by atoms with van der Waals surface area (Å²) in [4.78, 5) is 88.2. The fourth-order valence-electron chi connectivity index (χ4n) is 3.82. The Balaban J connectivity index is 0.000000562. The van der Waals surface area contributed by atoms with E-state index < -0.39 is 52.9 Å². The van der Waals surface area contributed by atoms with Crippen LogP contribution in [0.2, 0.25) is 0 Å². The van der Waals surface area contributed by atoms with Crippen LogP contribution in [0.3, 0.4) is 0 Å². The number of nitrogens with zero attached hydrogens (tertiary/aromatic N) is 5. The van der Waals surface area contributed by atoms with Crippen LogP contribution in [0.4, 0.5) is 11.5 Å². The number of imidazole rings is 1. The molecule has 254 valence electrons. The average molecular weight is 710 g/mol. The minimum Gasteiger partial charge on any atom is -0.497 e. The minimum absolute atomic E-state index is 0.0102. The number of aliphatic hydroxyl groups excluding tert-OH is 2. The minimum atomic E-state index is -4.64. The second-order valence-electron chi connectivity index (χ2n) is 8.57. The van der Waals surface area contributed by atoms with Crippen LogP contribution in [0.5, 0.6) is 5.75 Å². The van der Waals surface area contributed by atoms with Crippen molar-refractivity contribution in [3.63, 3.8) is 0 Å². The number of nitro benzene ring substituents is 1. The smallest absolute Gasteiger partial charge is 0.466 e. The zero-order chi connectivity index (χ0) is 35.0. The molecule has 0 unspecified atom stereocenters. The maximum Gasteiger partial charge on any atom is 0.466 e. The van der Waals surface area contributed by atoms with Crippen molar-refractivity contribution in [1.82, 2.24) is 19.5 Å². The van der Waals surface area contributed by atoms with Gasteiger partial charge < -0.3 is 69.5 Å². The summed E-state index contributed by atoms with van der Waals surface area (Å²) in [5.41, 5.74) is 5.48. The molecule has 1 fully saturated rings. The van der Waals surface area contributed by atoms with E-state index in [1.807, 2.05) is 0 Å². The molecule has 0 saturated carbocycles. The van der Waals surface area contributed by atoms with Gasteiger partial charge in [-0.25, -0.2) is 28.6 Å². The van der Waals surface area contributed by atoms with Crippen molar-refractivity contribution in [3.8, 4) is 5.75 Å². The van der Waals surface area contributed by atoms with Gasteiger partial charge in [0.05, 0.1) is 37.1 Å². The highest BCUT2D eigenvalue weighted by atomic mass is 31.2. The lowest BCUT2D eigenvalue weighted by Crippen LogP contribution is -2.36. The van der Waals surface area contributed by atoms with Crippen LogP contribution in [0.15, 0.2) is 30.9 Å². The predicted octanol–water partition coefficient (Wildman–Crippen LogP) is -2.42. The van der Waals surface area contributed by atoms with Crippen molar-refractivity contribution < 1.29 is 82.3 Å². The van der Waals surface area contributed by atoms with Gasteiger partial charge in [-0.1, -0.05) is 0 Å². The Kier molecular flexibility index (Phi) is 14.2. The number of hydrogen-bond acceptors (Lipinski definition) is 13. The maximum atomic E-state index is 11.7. The Morgan fingerprint density at radius 1 is 1.04 bits per heavy atom. The molecular formula is C18H29N6O18P3. The lowest BCUT2D eigenvalue weighted by molar-refractivity contribution is -0.385. The Bertz CT molecular complexity index is 1520. The highest BCUT2D eigenvalue weighted by Crippen LogP contribution is 2.42. The summed E-state index contributed by atoms with van der Waals surface area (Å²) in [5.74, 6) is 0.510. The van der Waals surface area contributed by atoms with Crippen LogP contribution in [0, 0.1) is 10.1 Å². The number of hydrogen-bond donors (Lipinski definition) is 12. The number of fused-ring (bicyclic) bond motifs is 1. The molecule has 27 heteroatoms. The number of nitrogens with two attached hydrogens (primary N) is 1. The SMILES string of the molecule is COc1ccc(C[C@]2(n3cnc4c(N)ncnc43)C[C@H](O)[C@@H](CO)O2)c([N+](=O)[O-])c1.O=P(O)(O)O.O=P(O)(O)O.O=P(O)(O)O. The standard InChI is InChI=1S/C18H20N6O6.3H3O4P/c1-29-11-3-2-10(12(4-11)24(27)28)5-18(6-13(26)14(7-25)30-18)23-9-22-15-16(19)20-8-21-17(15)23;3*1-5(2,3)4/h2-4,8-9,13-14,25-26H,5-7H2,1H3,(H2,19,20,21);3*(H3,1,2,3,4)/t13-,14+,18+;;;/m0.../s1. The number of aromatic nitrogens is 4. The first-order valence-corrected chi connectivity index (χ1v) is 16.1. The molecule has 0 radical (unpaired) electrons. The number of aliphatic hydroxyl groups is 2. The quantitative estimate of drug-likeness (QED) is 0.0719. The van der Waals surface area contributed by atoms with Gasteiger partial charge in [0.25, 0.3) is 5.69 Å². The van der Waals surface area contributed by atoms with Crippen molar-refractivity contribution in [1.29, 1.82) is 0 Å². The first-order chi connectivity index (χ1) is 20.4. The van der Waals surface area contributed by atoms with Crippen molar-refractivity contribution in [3.05, 3.63) is 46.5 Å². The fraction of sp³-hybridized carbons (Fsp3) is 0.389. The van der Waals surface area contributed by atoms with Gasteiger partial charge in [-0.3, -0.25) is 14.7 Å². The Hall–Kier alpha value is -3.02. The van der Waals surface area contributed by atoms with Crippen LogP contribution in [0.25, 0.3) is 11.2 Å². The maximum absolute atomic E-state index is 11.7. The van der Waals surface area contributed by atoms with E-state index in [-0.39, 0.29) is 24.3 Å². The van der Waals surface area contributed by atoms with Gasteiger partial charge in [-0.05, 0) is 12.1 Å². The van der Waals surface area contributed by atoms with Gasteiger partial charge >= 0.3 is 23.5 Å². The first kappa shape index (κ1) is 40.0. The number of nitro groups is 1. The van der Waals surface area contributed by atoms with E-state index in [4.69, 9.17) is 72.9 Å². The van der Waals surface area contributed by atoms with E-state index >= 15 is 0 Å². The van der Waals surface area contributed by atoms with Crippen LogP contribution < -0.4 is 10.5 Å². The van der Waals surface area contributed by atoms with Gasteiger partial charge in [0.15, 0.2) is 17.2 Å². The third-order valence-electron chi connectivity index (χ3n) is 5.26. The molecule has 3 atom stereocenters. The van der Waals surface area contributed by atoms with E-state index in [9.17, 15) is 20.3 Å². The van der Waals surface area contributed by atoms with Crippen LogP contribution in [-0.4, -0.2) is 105 Å². The van der Waals surface area contributed by atoms with Gasteiger partial charge in [0.2, 0.25) is 0 Å². The van der Waals surface area contributed by atoms with Crippen molar-refractivity contribution in [2.45, 2.75) is 30.8 Å². The van der Waals surface area contributed by atoms with E-state index in [1.54, 1.807) is 16.7 Å². The largest absolute Gasteiger partial charge is 0.497 e. The highest BCUT2D eigenvalue weighted by molar-refractivity contribution is 7.45. The van der Waals surface area contributed by atoms with E-state index in [1.165, 1.54) is 25.8 Å². The number of methoxy groups -OCH3 is 1. The molecule has 0 spiro atoms. The second-order valence-corrected chi connectivity index (χ2v) is 11.7. The zero-order valence-corrected chi connectivity index (χ0v) is 25.3. The number of rotatable bonds is 6. The molecule has 2 aromatic heterocycles. The van der Waals surface area contributed by atoms with Gasteiger partial charge in [-0.15, -0.1) is 0 Å². The van der Waals surface area contributed by atoms with Crippen LogP contribution in [-0.2, 0) is 30.6 Å². The van der Waals surface area contributed by atoms with Crippen molar-refractivity contribution in [2.24, 2.45) is 0 Å². The summed E-state index contributed by atoms with van der Waals surface area (Å²) in [7, 11) is -12.5. The average Bonchev–Trinajstić information content (AvgIpc) is 3.43. The molecular weight excluding hydrogens is 681 g/mol. The summed E-state index contributed by atoms with van der Waals surface area (Å²) < 4.78 is 39.4. The van der Waals surface area contributed by atoms with Crippen molar-refractivity contribution >= 4 is 46.1 Å². The third-order valence-corrected chi connectivity index (χ3v) is 5.26. The highest BCUT2D eigenvalue weighted by Gasteiger charge is 2.49. The molecule has 0 aliphatic carbocycles. The topological polar surface area (TPSA) is 405 Å². The molecule has 45 heavy (non-hydrogen) atoms. The van der Waals surface area contributed by atoms with E-state index in [2.05, 4.69) is 15.0 Å². The molecule has 1 aliphatic heterocycles. The molecule has 1 aliphatic rings. The van der Waals surface area contributed by atoms with Gasteiger partial charge in [0.1, 0.15) is 23.7 Å². The van der Waals surface area contributed by atoms with E-state index in [0.29, 0.717) is 22.5 Å². The summed E-state index contributed by atoms with van der Waals surface area (Å²) in [6, 6.07) is 4.50. The monoisotopic (exact) mass is 710 g/mol. The Morgan fingerprint density at radius 2 is 1.58 bits per heavy atom. The molecule has 1 aromatic carbocycles. The fourth-order valence-corrected chi connectivity index (χ4v) is 3.82. The molecule has 4 rings (SSSR count). The third kappa shape index (κ3) is 14.3. The summed E-state index contributed by atoms with van der Waals surface area (Å²) >= 11 is 0. The number of ether oxygens (including phenoxy) is 2. The van der Waals surface area contributed by atoms with Gasteiger partial charge in [-0.2, -0.15) is 0 Å². The van der Waals surface area contributed by atoms with Crippen LogP contribution >= 0.6 is 23.5 Å². The summed E-state index contributed by atoms with van der Waals surface area (Å²) in [5, 5.41) is 31.7. The molecule has 0 bridgehead atoms.